The second-order valence-corrected chi connectivity index (χ2v) is 7.23. The minimum Gasteiger partial charge on any atom is -0.481 e. The molecule has 8 heteroatoms. The van der Waals surface area contributed by atoms with Crippen molar-refractivity contribution in [3.8, 4) is 5.75 Å². The van der Waals surface area contributed by atoms with Gasteiger partial charge < -0.3 is 15.4 Å². The summed E-state index contributed by atoms with van der Waals surface area (Å²) in [5, 5.41) is 6.06. The molecule has 3 aromatic rings. The van der Waals surface area contributed by atoms with Gasteiger partial charge in [-0.05, 0) is 73.7 Å². The van der Waals surface area contributed by atoms with Crippen molar-refractivity contribution in [2.75, 3.05) is 10.6 Å². The predicted octanol–water partition coefficient (Wildman–Crippen LogP) is 5.79. The Balaban J connectivity index is 1.59. The molecule has 0 saturated heterocycles. The summed E-state index contributed by atoms with van der Waals surface area (Å²) >= 11 is 11.6. The summed E-state index contributed by atoms with van der Waals surface area (Å²) in [4.78, 5) is 24.6. The maximum atomic E-state index is 13.8. The highest BCUT2D eigenvalue weighted by molar-refractivity contribution is 6.31. The summed E-state index contributed by atoms with van der Waals surface area (Å²) in [5.41, 5.74) is 0.875. The Labute approximate surface area is 182 Å². The molecule has 0 bridgehead atoms. The van der Waals surface area contributed by atoms with E-state index >= 15 is 0 Å². The van der Waals surface area contributed by atoms with Crippen molar-refractivity contribution >= 4 is 46.4 Å². The number of benzene rings is 3. The predicted molar refractivity (Wildman–Crippen MR) is 116 cm³/mol. The van der Waals surface area contributed by atoms with Crippen molar-refractivity contribution in [1.82, 2.24) is 0 Å². The van der Waals surface area contributed by atoms with Gasteiger partial charge in [-0.2, -0.15) is 0 Å². The minimum atomic E-state index is -0.777. The molecule has 1 unspecified atom stereocenters. The van der Waals surface area contributed by atoms with E-state index in [4.69, 9.17) is 27.9 Å². The molecule has 0 spiro atoms. The van der Waals surface area contributed by atoms with Gasteiger partial charge in [0.05, 0.1) is 5.69 Å². The molecule has 0 fully saturated rings. The molecule has 5 nitrogen and oxygen atoms in total. The molecule has 0 radical (unpaired) electrons. The van der Waals surface area contributed by atoms with E-state index in [1.54, 1.807) is 43.3 Å². The highest BCUT2D eigenvalue weighted by Crippen LogP contribution is 2.21. The average Bonchev–Trinajstić information content (AvgIpc) is 2.72. The highest BCUT2D eigenvalue weighted by atomic mass is 35.5. The number of rotatable bonds is 6. The highest BCUT2D eigenvalue weighted by Gasteiger charge is 2.16. The topological polar surface area (TPSA) is 67.4 Å². The molecule has 0 aromatic heterocycles. The van der Waals surface area contributed by atoms with Crippen LogP contribution in [0, 0.1) is 5.82 Å². The second kappa shape index (κ2) is 9.61. The van der Waals surface area contributed by atoms with E-state index in [0.717, 1.165) is 0 Å². The smallest absolute Gasteiger partial charge is 0.265 e. The first-order valence-electron chi connectivity index (χ1n) is 8.91. The van der Waals surface area contributed by atoms with Gasteiger partial charge in [-0.1, -0.05) is 23.2 Å². The maximum absolute atomic E-state index is 13.8. The zero-order valence-corrected chi connectivity index (χ0v) is 17.3. The quantitative estimate of drug-likeness (QED) is 0.503. The Bertz CT molecular complexity index is 1060. The van der Waals surface area contributed by atoms with Crippen LogP contribution in [0.5, 0.6) is 5.75 Å². The third-order valence-electron chi connectivity index (χ3n) is 4.09. The van der Waals surface area contributed by atoms with Gasteiger partial charge in [0.15, 0.2) is 6.10 Å². The Morgan fingerprint density at radius 1 is 0.900 bits per heavy atom. The molecule has 154 valence electrons. The van der Waals surface area contributed by atoms with E-state index in [-0.39, 0.29) is 11.6 Å². The summed E-state index contributed by atoms with van der Waals surface area (Å²) in [6, 6.07) is 16.7. The number of nitrogens with one attached hydrogen (secondary N) is 2. The fourth-order valence-electron chi connectivity index (χ4n) is 2.51. The number of carbonyl (C=O) groups excluding carboxylic acids is 2. The van der Waals surface area contributed by atoms with E-state index in [2.05, 4.69) is 10.6 Å². The fraction of sp³-hybridized carbons (Fsp3) is 0.0909. The second-order valence-electron chi connectivity index (χ2n) is 6.36. The van der Waals surface area contributed by atoms with Crippen molar-refractivity contribution in [1.29, 1.82) is 0 Å². The summed E-state index contributed by atoms with van der Waals surface area (Å²) in [7, 11) is 0. The van der Waals surface area contributed by atoms with Gasteiger partial charge in [0.2, 0.25) is 0 Å². The van der Waals surface area contributed by atoms with E-state index in [1.165, 1.54) is 30.3 Å². The van der Waals surface area contributed by atoms with Crippen LogP contribution in [0.3, 0.4) is 0 Å². The summed E-state index contributed by atoms with van der Waals surface area (Å²) in [6.07, 6.45) is -0.777. The SMILES string of the molecule is CC(Oc1ccc(C(=O)Nc2cc(Cl)ccc2F)cc1)C(=O)Nc1ccc(Cl)cc1. The molecule has 2 N–H and O–H groups in total. The van der Waals surface area contributed by atoms with E-state index < -0.39 is 17.8 Å². The van der Waals surface area contributed by atoms with Crippen molar-refractivity contribution < 1.29 is 18.7 Å². The molecular weight excluding hydrogens is 430 g/mol. The third kappa shape index (κ3) is 5.72. The lowest BCUT2D eigenvalue weighted by molar-refractivity contribution is -0.122. The third-order valence-corrected chi connectivity index (χ3v) is 4.57. The molecule has 3 rings (SSSR count). The van der Waals surface area contributed by atoms with Gasteiger partial charge >= 0.3 is 0 Å². The average molecular weight is 447 g/mol. The van der Waals surface area contributed by atoms with Gasteiger partial charge in [-0.25, -0.2) is 4.39 Å². The molecule has 3 aromatic carbocycles. The molecule has 0 aliphatic carbocycles. The van der Waals surface area contributed by atoms with Crippen molar-refractivity contribution in [3.05, 3.63) is 88.2 Å². The van der Waals surface area contributed by atoms with Crippen LogP contribution in [0.4, 0.5) is 15.8 Å². The zero-order valence-electron chi connectivity index (χ0n) is 15.8. The van der Waals surface area contributed by atoms with Crippen LogP contribution in [0.1, 0.15) is 17.3 Å². The van der Waals surface area contributed by atoms with Gasteiger partial charge in [-0.15, -0.1) is 0 Å². The Morgan fingerprint density at radius 2 is 1.53 bits per heavy atom. The first-order chi connectivity index (χ1) is 14.3. The van der Waals surface area contributed by atoms with Crippen LogP contribution in [-0.4, -0.2) is 17.9 Å². The number of ether oxygens (including phenoxy) is 1. The molecule has 30 heavy (non-hydrogen) atoms. The van der Waals surface area contributed by atoms with Crippen LogP contribution in [0.15, 0.2) is 66.7 Å². The summed E-state index contributed by atoms with van der Waals surface area (Å²) < 4.78 is 19.4. The van der Waals surface area contributed by atoms with Crippen LogP contribution < -0.4 is 15.4 Å². The Hall–Kier alpha value is -3.09. The lowest BCUT2D eigenvalue weighted by atomic mass is 10.2. The molecule has 0 aliphatic rings. The number of hydrogen-bond acceptors (Lipinski definition) is 3. The lowest BCUT2D eigenvalue weighted by Gasteiger charge is -2.15. The molecule has 1 atom stereocenters. The van der Waals surface area contributed by atoms with Crippen LogP contribution in [-0.2, 0) is 4.79 Å². The first-order valence-corrected chi connectivity index (χ1v) is 9.67. The maximum Gasteiger partial charge on any atom is 0.265 e. The summed E-state index contributed by atoms with van der Waals surface area (Å²) in [5.74, 6) is -1.03. The van der Waals surface area contributed by atoms with E-state index in [1.807, 2.05) is 0 Å². The van der Waals surface area contributed by atoms with Gasteiger partial charge in [0, 0.05) is 21.3 Å². The molecule has 0 saturated carbocycles. The molecular formula is C22H17Cl2FN2O3. The van der Waals surface area contributed by atoms with Crippen LogP contribution >= 0.6 is 23.2 Å². The first kappa shape index (κ1) is 21.6. The minimum absolute atomic E-state index is 0.0136. The number of amides is 2. The molecule has 0 heterocycles. The number of halogens is 3. The van der Waals surface area contributed by atoms with Crippen LogP contribution in [0.2, 0.25) is 10.0 Å². The van der Waals surface area contributed by atoms with Crippen molar-refractivity contribution in [2.45, 2.75) is 13.0 Å². The molecule has 2 amide bonds. The van der Waals surface area contributed by atoms with Gasteiger partial charge in [0.25, 0.3) is 11.8 Å². The Kier molecular flexibility index (Phi) is 6.92. The zero-order chi connectivity index (χ0) is 21.7. The summed E-state index contributed by atoms with van der Waals surface area (Å²) in [6.45, 7) is 1.60. The monoisotopic (exact) mass is 446 g/mol. The van der Waals surface area contributed by atoms with Crippen molar-refractivity contribution in [2.24, 2.45) is 0 Å². The number of hydrogen-bond donors (Lipinski definition) is 2. The largest absolute Gasteiger partial charge is 0.481 e. The number of anilines is 2. The standard InChI is InChI=1S/C22H17Cl2FN2O3/c1-13(21(28)26-17-7-4-15(23)5-8-17)30-18-9-2-14(3-10-18)22(29)27-20-12-16(24)6-11-19(20)25/h2-13H,1H3,(H,26,28)(H,27,29). The lowest BCUT2D eigenvalue weighted by Crippen LogP contribution is -2.30. The fourth-order valence-corrected chi connectivity index (χ4v) is 2.81. The van der Waals surface area contributed by atoms with E-state index in [0.29, 0.717) is 27.0 Å². The van der Waals surface area contributed by atoms with Gasteiger partial charge in [-0.3, -0.25) is 9.59 Å². The van der Waals surface area contributed by atoms with Crippen LogP contribution in [0.25, 0.3) is 0 Å². The van der Waals surface area contributed by atoms with Gasteiger partial charge in [0.1, 0.15) is 11.6 Å². The Morgan fingerprint density at radius 3 is 2.20 bits per heavy atom. The van der Waals surface area contributed by atoms with E-state index in [9.17, 15) is 14.0 Å². The van der Waals surface area contributed by atoms with Crippen molar-refractivity contribution in [3.63, 3.8) is 0 Å². The number of carbonyl (C=O) groups is 2. The normalized spacial score (nSPS) is 11.5. The molecule has 0 aliphatic heterocycles.